The first-order valence-corrected chi connectivity index (χ1v) is 8.51. The van der Waals surface area contributed by atoms with Gasteiger partial charge in [-0.3, -0.25) is 0 Å². The van der Waals surface area contributed by atoms with E-state index in [0.29, 0.717) is 11.5 Å². The first kappa shape index (κ1) is 16.4. The van der Waals surface area contributed by atoms with Gasteiger partial charge in [-0.2, -0.15) is 10.2 Å². The molecule has 0 radical (unpaired) electrons. The smallest absolute Gasteiger partial charge is 0.162 e. The standard InChI is InChI=1S/C20H21N3O3/c1-24-15-5-4-14-12-23(7-6-13(14)8-15)18-11-21-22-17-10-20(26-3)19(25-2)9-16(17)18/h4-5,8-11H,6-7,12H2,1-3H3. The zero-order chi connectivity index (χ0) is 18.1. The van der Waals surface area contributed by atoms with Crippen LogP contribution in [-0.2, 0) is 13.0 Å². The molecule has 134 valence electrons. The molecule has 26 heavy (non-hydrogen) atoms. The molecule has 4 rings (SSSR count). The minimum absolute atomic E-state index is 0.655. The van der Waals surface area contributed by atoms with E-state index >= 15 is 0 Å². The van der Waals surface area contributed by atoms with Crippen LogP contribution >= 0.6 is 0 Å². The van der Waals surface area contributed by atoms with Gasteiger partial charge in [0, 0.05) is 24.5 Å². The zero-order valence-electron chi connectivity index (χ0n) is 15.2. The normalized spacial score (nSPS) is 13.4. The van der Waals surface area contributed by atoms with Crippen molar-refractivity contribution >= 4 is 16.6 Å². The Balaban J connectivity index is 1.74. The molecule has 6 nitrogen and oxygen atoms in total. The highest BCUT2D eigenvalue weighted by Gasteiger charge is 2.20. The van der Waals surface area contributed by atoms with Crippen LogP contribution in [0.4, 0.5) is 5.69 Å². The van der Waals surface area contributed by atoms with Crippen molar-refractivity contribution in [3.05, 3.63) is 47.7 Å². The number of hydrogen-bond acceptors (Lipinski definition) is 6. The molecule has 2 aromatic carbocycles. The Morgan fingerprint density at radius 2 is 1.73 bits per heavy atom. The molecule has 3 aromatic rings. The van der Waals surface area contributed by atoms with E-state index in [9.17, 15) is 0 Å². The molecule has 0 bridgehead atoms. The van der Waals surface area contributed by atoms with Crippen molar-refractivity contribution in [3.8, 4) is 17.2 Å². The van der Waals surface area contributed by atoms with Crippen molar-refractivity contribution in [2.75, 3.05) is 32.8 Å². The third-order valence-electron chi connectivity index (χ3n) is 4.89. The number of aromatic nitrogens is 2. The predicted octanol–water partition coefficient (Wildman–Crippen LogP) is 3.22. The van der Waals surface area contributed by atoms with Crippen LogP contribution in [0, 0.1) is 0 Å². The maximum Gasteiger partial charge on any atom is 0.162 e. The van der Waals surface area contributed by atoms with Gasteiger partial charge >= 0.3 is 0 Å². The fourth-order valence-electron chi connectivity index (χ4n) is 3.49. The number of methoxy groups -OCH3 is 3. The number of nitrogens with zero attached hydrogens (tertiary/aromatic N) is 3. The molecule has 6 heteroatoms. The van der Waals surface area contributed by atoms with Crippen LogP contribution in [-0.4, -0.2) is 38.1 Å². The molecular formula is C20H21N3O3. The van der Waals surface area contributed by atoms with Crippen molar-refractivity contribution in [2.45, 2.75) is 13.0 Å². The average molecular weight is 351 g/mol. The van der Waals surface area contributed by atoms with Crippen LogP contribution in [0.1, 0.15) is 11.1 Å². The molecule has 0 unspecified atom stereocenters. The van der Waals surface area contributed by atoms with E-state index in [1.807, 2.05) is 24.4 Å². The average Bonchev–Trinajstić information content (AvgIpc) is 2.71. The molecule has 0 atom stereocenters. The Labute approximate surface area is 152 Å². The van der Waals surface area contributed by atoms with Gasteiger partial charge in [-0.25, -0.2) is 0 Å². The van der Waals surface area contributed by atoms with Crippen molar-refractivity contribution in [1.29, 1.82) is 0 Å². The highest BCUT2D eigenvalue weighted by Crippen LogP contribution is 2.36. The van der Waals surface area contributed by atoms with E-state index in [1.165, 1.54) is 11.1 Å². The molecule has 0 N–H and O–H groups in total. The van der Waals surface area contributed by atoms with Crippen LogP contribution in [0.5, 0.6) is 17.2 Å². The lowest BCUT2D eigenvalue weighted by Crippen LogP contribution is -2.30. The third kappa shape index (κ3) is 2.77. The van der Waals surface area contributed by atoms with E-state index in [1.54, 1.807) is 21.3 Å². The minimum atomic E-state index is 0.655. The SMILES string of the molecule is COc1ccc2c(c1)CCN(c1cnnc3cc(OC)c(OC)cc13)C2. The van der Waals surface area contributed by atoms with Crippen LogP contribution in [0.25, 0.3) is 10.9 Å². The Kier molecular flexibility index (Phi) is 4.24. The Bertz CT molecular complexity index is 958. The fraction of sp³-hybridized carbons (Fsp3) is 0.300. The minimum Gasteiger partial charge on any atom is -0.497 e. The molecular weight excluding hydrogens is 330 g/mol. The van der Waals surface area contributed by atoms with Gasteiger partial charge < -0.3 is 19.1 Å². The molecule has 1 aromatic heterocycles. The summed E-state index contributed by atoms with van der Waals surface area (Å²) in [6.45, 7) is 1.74. The number of fused-ring (bicyclic) bond motifs is 2. The van der Waals surface area contributed by atoms with Gasteiger partial charge in [0.15, 0.2) is 11.5 Å². The number of hydrogen-bond donors (Lipinski definition) is 0. The second-order valence-electron chi connectivity index (χ2n) is 6.26. The summed E-state index contributed by atoms with van der Waals surface area (Å²) < 4.78 is 16.2. The van der Waals surface area contributed by atoms with Crippen LogP contribution in [0.2, 0.25) is 0 Å². The summed E-state index contributed by atoms with van der Waals surface area (Å²) in [5, 5.41) is 9.46. The molecule has 0 spiro atoms. The summed E-state index contributed by atoms with van der Waals surface area (Å²) in [6, 6.07) is 10.1. The molecule has 1 aliphatic rings. The summed E-state index contributed by atoms with van der Waals surface area (Å²) in [5.41, 5.74) is 4.49. The van der Waals surface area contributed by atoms with Gasteiger partial charge in [0.2, 0.25) is 0 Å². The lowest BCUT2D eigenvalue weighted by molar-refractivity contribution is 0.355. The highest BCUT2D eigenvalue weighted by molar-refractivity contribution is 5.93. The molecule has 0 saturated heterocycles. The second-order valence-corrected chi connectivity index (χ2v) is 6.26. The van der Waals surface area contributed by atoms with Gasteiger partial charge in [-0.15, -0.1) is 0 Å². The summed E-state index contributed by atoms with van der Waals surface area (Å²) >= 11 is 0. The van der Waals surface area contributed by atoms with Gasteiger partial charge in [-0.1, -0.05) is 6.07 Å². The van der Waals surface area contributed by atoms with Gasteiger partial charge in [0.1, 0.15) is 5.75 Å². The molecule has 1 aliphatic heterocycles. The van der Waals surface area contributed by atoms with Crippen LogP contribution < -0.4 is 19.1 Å². The maximum atomic E-state index is 5.46. The largest absolute Gasteiger partial charge is 0.497 e. The van der Waals surface area contributed by atoms with Crippen molar-refractivity contribution in [2.24, 2.45) is 0 Å². The molecule has 0 fully saturated rings. The van der Waals surface area contributed by atoms with Crippen molar-refractivity contribution in [3.63, 3.8) is 0 Å². The van der Waals surface area contributed by atoms with Gasteiger partial charge in [0.05, 0.1) is 38.7 Å². The number of benzene rings is 2. The topological polar surface area (TPSA) is 56.7 Å². The maximum absolute atomic E-state index is 5.46. The predicted molar refractivity (Wildman–Crippen MR) is 100 cm³/mol. The molecule has 0 amide bonds. The number of anilines is 1. The zero-order valence-corrected chi connectivity index (χ0v) is 15.2. The third-order valence-corrected chi connectivity index (χ3v) is 4.89. The summed E-state index contributed by atoms with van der Waals surface area (Å²) in [4.78, 5) is 2.33. The molecule has 2 heterocycles. The number of ether oxygens (including phenoxy) is 3. The highest BCUT2D eigenvalue weighted by atomic mass is 16.5. The van der Waals surface area contributed by atoms with Gasteiger partial charge in [-0.05, 0) is 35.7 Å². The summed E-state index contributed by atoms with van der Waals surface area (Å²) in [5.74, 6) is 2.25. The van der Waals surface area contributed by atoms with Crippen molar-refractivity contribution < 1.29 is 14.2 Å². The fourth-order valence-corrected chi connectivity index (χ4v) is 3.49. The first-order chi connectivity index (χ1) is 12.7. The van der Waals surface area contributed by atoms with E-state index in [0.717, 1.165) is 41.9 Å². The summed E-state index contributed by atoms with van der Waals surface area (Å²) in [7, 11) is 4.96. The monoisotopic (exact) mass is 351 g/mol. The molecule has 0 aliphatic carbocycles. The molecule has 0 saturated carbocycles. The van der Waals surface area contributed by atoms with Crippen molar-refractivity contribution in [1.82, 2.24) is 10.2 Å². The Morgan fingerprint density at radius 1 is 0.923 bits per heavy atom. The lowest BCUT2D eigenvalue weighted by Gasteiger charge is -2.31. The Morgan fingerprint density at radius 3 is 2.50 bits per heavy atom. The van der Waals surface area contributed by atoms with Crippen LogP contribution in [0.3, 0.4) is 0 Å². The van der Waals surface area contributed by atoms with E-state index < -0.39 is 0 Å². The first-order valence-electron chi connectivity index (χ1n) is 8.51. The second kappa shape index (κ2) is 6.71. The van der Waals surface area contributed by atoms with E-state index in [2.05, 4.69) is 27.2 Å². The van der Waals surface area contributed by atoms with E-state index in [-0.39, 0.29) is 0 Å². The quantitative estimate of drug-likeness (QED) is 0.719. The Hall–Kier alpha value is -3.02. The van der Waals surface area contributed by atoms with E-state index in [4.69, 9.17) is 14.2 Å². The number of rotatable bonds is 4. The lowest BCUT2D eigenvalue weighted by atomic mass is 9.98. The van der Waals surface area contributed by atoms with Gasteiger partial charge in [0.25, 0.3) is 0 Å². The summed E-state index contributed by atoms with van der Waals surface area (Å²) in [6.07, 6.45) is 2.78. The van der Waals surface area contributed by atoms with Crippen LogP contribution in [0.15, 0.2) is 36.5 Å².